The van der Waals surface area contributed by atoms with E-state index in [-0.39, 0.29) is 9.23 Å². The largest absolute Gasteiger partial charge is 0.489 e. The van der Waals surface area contributed by atoms with E-state index in [1.807, 2.05) is 12.1 Å². The summed E-state index contributed by atoms with van der Waals surface area (Å²) in [5.74, 6) is -1.28. The number of nitrogens with one attached hydrogen (secondary N) is 1. The predicted octanol–water partition coefficient (Wildman–Crippen LogP) is 5.32. The van der Waals surface area contributed by atoms with E-state index < -0.39 is 23.9 Å². The maximum atomic E-state index is 13.0. The fourth-order valence-corrected chi connectivity index (χ4v) is 4.57. The summed E-state index contributed by atoms with van der Waals surface area (Å²) in [6.45, 7) is 1.75. The Bertz CT molecular complexity index is 1410. The lowest BCUT2D eigenvalue weighted by Crippen LogP contribution is -2.44. The molecule has 0 spiro atoms. The van der Waals surface area contributed by atoms with Gasteiger partial charge in [-0.1, -0.05) is 53.7 Å². The Kier molecular flexibility index (Phi) is 8.67. The van der Waals surface area contributed by atoms with Gasteiger partial charge in [-0.15, -0.1) is 0 Å². The highest BCUT2D eigenvalue weighted by molar-refractivity contribution is 8.26. The summed E-state index contributed by atoms with van der Waals surface area (Å²) in [7, 11) is 0. The number of benzene rings is 3. The lowest BCUT2D eigenvalue weighted by molar-refractivity contribution is -0.144. The highest BCUT2D eigenvalue weighted by atomic mass is 35.5. The molecule has 0 aliphatic carbocycles. The van der Waals surface area contributed by atoms with Gasteiger partial charge in [-0.25, -0.2) is 4.79 Å². The average Bonchev–Trinajstić information content (AvgIpc) is 3.16. The van der Waals surface area contributed by atoms with Gasteiger partial charge in [0.2, 0.25) is 0 Å². The van der Waals surface area contributed by atoms with Gasteiger partial charge in [0.1, 0.15) is 18.1 Å². The monoisotopic (exact) mass is 568 g/mol. The fourth-order valence-electron chi connectivity index (χ4n) is 3.27. The van der Waals surface area contributed by atoms with Crippen molar-refractivity contribution in [3.05, 3.63) is 99.4 Å². The van der Waals surface area contributed by atoms with Crippen LogP contribution in [0.2, 0.25) is 5.02 Å². The Hall–Kier alpha value is -3.86. The molecular formula is C27H21ClN2O6S2. The molecular weight excluding hydrogens is 548 g/mol. The molecule has 1 saturated heterocycles. The minimum Gasteiger partial charge on any atom is -0.489 e. The van der Waals surface area contributed by atoms with Crippen LogP contribution in [0.4, 0.5) is 0 Å². The first-order valence-corrected chi connectivity index (χ1v) is 12.9. The van der Waals surface area contributed by atoms with Gasteiger partial charge in [-0.05, 0) is 73.2 Å². The molecule has 3 aromatic rings. The molecule has 1 aliphatic rings. The Morgan fingerprint density at radius 2 is 1.79 bits per heavy atom. The van der Waals surface area contributed by atoms with Crippen LogP contribution in [0, 0.1) is 0 Å². The molecule has 194 valence electrons. The highest BCUT2D eigenvalue weighted by Gasteiger charge is 2.34. The number of thiocarbonyl (C=S) groups is 1. The van der Waals surface area contributed by atoms with Crippen LogP contribution in [0.3, 0.4) is 0 Å². The molecule has 1 atom stereocenters. The quantitative estimate of drug-likeness (QED) is 0.264. The van der Waals surface area contributed by atoms with E-state index in [9.17, 15) is 14.4 Å². The van der Waals surface area contributed by atoms with Crippen molar-refractivity contribution in [2.75, 3.05) is 0 Å². The Morgan fingerprint density at radius 1 is 1.11 bits per heavy atom. The third kappa shape index (κ3) is 6.71. The highest BCUT2D eigenvalue weighted by Crippen LogP contribution is 2.33. The molecule has 11 heteroatoms. The lowest BCUT2D eigenvalue weighted by atomic mass is 10.2. The van der Waals surface area contributed by atoms with Crippen LogP contribution in [-0.2, 0) is 16.2 Å². The number of carboxylic acids is 1. The average molecular weight is 569 g/mol. The van der Waals surface area contributed by atoms with Crippen LogP contribution >= 0.6 is 35.6 Å². The molecule has 2 N–H and O–H groups in total. The fraction of sp³-hybridized carbons (Fsp3) is 0.111. The SMILES string of the molecule is CC(Oc1ccccc1/C=C1/SC(=S)N(NC(=O)c2ccc(OCc3ccc(Cl)cc3)cc2)C1=O)C(=O)O. The zero-order valence-electron chi connectivity index (χ0n) is 19.9. The van der Waals surface area contributed by atoms with E-state index in [0.29, 0.717) is 34.3 Å². The minimum atomic E-state index is -1.12. The molecule has 8 nitrogen and oxygen atoms in total. The Labute approximate surface area is 233 Å². The van der Waals surface area contributed by atoms with Gasteiger partial charge in [-0.2, -0.15) is 5.01 Å². The summed E-state index contributed by atoms with van der Waals surface area (Å²) in [6.07, 6.45) is 0.468. The van der Waals surface area contributed by atoms with Crippen molar-refractivity contribution in [3.63, 3.8) is 0 Å². The van der Waals surface area contributed by atoms with Crippen molar-refractivity contribution in [1.29, 1.82) is 0 Å². The van der Waals surface area contributed by atoms with Gasteiger partial charge >= 0.3 is 5.97 Å². The van der Waals surface area contributed by atoms with Crippen LogP contribution < -0.4 is 14.9 Å². The van der Waals surface area contributed by atoms with Crippen LogP contribution in [-0.4, -0.2) is 38.3 Å². The normalized spacial score (nSPS) is 14.9. The van der Waals surface area contributed by atoms with Crippen LogP contribution in [0.1, 0.15) is 28.4 Å². The molecule has 0 radical (unpaired) electrons. The molecule has 1 unspecified atom stereocenters. The number of ether oxygens (including phenoxy) is 2. The zero-order chi connectivity index (χ0) is 27.2. The van der Waals surface area contributed by atoms with E-state index in [2.05, 4.69) is 5.43 Å². The number of nitrogens with zero attached hydrogens (tertiary/aromatic N) is 1. The van der Waals surface area contributed by atoms with Crippen molar-refractivity contribution < 1.29 is 29.0 Å². The lowest BCUT2D eigenvalue weighted by Gasteiger charge is -2.16. The number of hydrogen-bond acceptors (Lipinski definition) is 7. The summed E-state index contributed by atoms with van der Waals surface area (Å²) in [5, 5.41) is 10.8. The number of carbonyl (C=O) groups excluding carboxylic acids is 2. The van der Waals surface area contributed by atoms with Crippen molar-refractivity contribution in [1.82, 2.24) is 10.4 Å². The number of amides is 2. The van der Waals surface area contributed by atoms with E-state index in [4.69, 9.17) is 38.4 Å². The Balaban J connectivity index is 1.40. The second kappa shape index (κ2) is 12.1. The molecule has 1 heterocycles. The van der Waals surface area contributed by atoms with Crippen molar-refractivity contribution >= 4 is 63.8 Å². The summed E-state index contributed by atoms with van der Waals surface area (Å²) < 4.78 is 11.4. The molecule has 4 rings (SSSR count). The topological polar surface area (TPSA) is 105 Å². The van der Waals surface area contributed by atoms with Crippen molar-refractivity contribution in [2.45, 2.75) is 19.6 Å². The third-order valence-electron chi connectivity index (χ3n) is 5.30. The smallest absolute Gasteiger partial charge is 0.344 e. The van der Waals surface area contributed by atoms with Crippen molar-refractivity contribution in [3.8, 4) is 11.5 Å². The molecule has 3 aromatic carbocycles. The molecule has 2 amide bonds. The number of aliphatic carboxylic acids is 1. The maximum Gasteiger partial charge on any atom is 0.344 e. The third-order valence-corrected chi connectivity index (χ3v) is 6.85. The number of carbonyl (C=O) groups is 3. The van der Waals surface area contributed by atoms with Crippen LogP contribution in [0.25, 0.3) is 6.08 Å². The van der Waals surface area contributed by atoms with Crippen LogP contribution in [0.15, 0.2) is 77.7 Å². The summed E-state index contributed by atoms with van der Waals surface area (Å²) in [5.41, 5.74) is 4.29. The number of hydrogen-bond donors (Lipinski definition) is 2. The first-order chi connectivity index (χ1) is 18.2. The predicted molar refractivity (Wildman–Crippen MR) is 149 cm³/mol. The number of hydrazine groups is 1. The maximum absolute atomic E-state index is 13.0. The molecule has 0 bridgehead atoms. The number of thioether (sulfide) groups is 1. The van der Waals surface area contributed by atoms with E-state index in [0.717, 1.165) is 22.3 Å². The van der Waals surface area contributed by atoms with Gasteiger partial charge in [0.15, 0.2) is 10.4 Å². The summed E-state index contributed by atoms with van der Waals surface area (Å²) in [4.78, 5) is 37.2. The molecule has 1 fully saturated rings. The molecule has 0 aromatic heterocycles. The van der Waals surface area contributed by atoms with E-state index >= 15 is 0 Å². The number of para-hydroxylation sites is 1. The number of halogens is 1. The summed E-state index contributed by atoms with van der Waals surface area (Å²) >= 11 is 12.2. The van der Waals surface area contributed by atoms with Crippen LogP contribution in [0.5, 0.6) is 11.5 Å². The second-order valence-corrected chi connectivity index (χ2v) is 10.1. The van der Waals surface area contributed by atoms with Crippen molar-refractivity contribution in [2.24, 2.45) is 0 Å². The molecule has 38 heavy (non-hydrogen) atoms. The van der Waals surface area contributed by atoms with Gasteiger partial charge in [0, 0.05) is 16.1 Å². The summed E-state index contributed by atoms with van der Waals surface area (Å²) in [6, 6.07) is 20.5. The van der Waals surface area contributed by atoms with Gasteiger partial charge in [-0.3, -0.25) is 15.0 Å². The first-order valence-electron chi connectivity index (χ1n) is 11.3. The molecule has 1 aliphatic heterocycles. The first kappa shape index (κ1) is 27.2. The van der Waals surface area contributed by atoms with E-state index in [1.54, 1.807) is 66.7 Å². The number of carboxylic acid groups (broad SMARTS) is 1. The zero-order valence-corrected chi connectivity index (χ0v) is 22.3. The van der Waals surface area contributed by atoms with Gasteiger partial charge in [0.25, 0.3) is 11.8 Å². The molecule has 0 saturated carbocycles. The van der Waals surface area contributed by atoms with E-state index in [1.165, 1.54) is 6.92 Å². The minimum absolute atomic E-state index is 0.148. The number of rotatable bonds is 9. The Morgan fingerprint density at radius 3 is 2.47 bits per heavy atom. The van der Waals surface area contributed by atoms with Gasteiger partial charge < -0.3 is 14.6 Å². The second-order valence-electron chi connectivity index (χ2n) is 8.03. The van der Waals surface area contributed by atoms with Gasteiger partial charge in [0.05, 0.1) is 4.91 Å². The standard InChI is InChI=1S/C27H21ClN2O6S2/c1-16(26(33)34)36-22-5-3-2-4-19(22)14-23-25(32)30(27(37)38-23)29-24(31)18-8-12-21(13-9-18)35-15-17-6-10-20(28)11-7-17/h2-14,16H,15H2,1H3,(H,29,31)(H,33,34)/b23-14+.